The van der Waals surface area contributed by atoms with Crippen molar-refractivity contribution in [3.05, 3.63) is 30.4 Å². The van der Waals surface area contributed by atoms with Gasteiger partial charge in [-0.1, -0.05) is 6.08 Å². The molecule has 116 valence electrons. The van der Waals surface area contributed by atoms with Crippen LogP contribution in [0.25, 0.3) is 16.6 Å². The van der Waals surface area contributed by atoms with Gasteiger partial charge in [-0.05, 0) is 38.8 Å². The van der Waals surface area contributed by atoms with Gasteiger partial charge in [-0.2, -0.15) is 0 Å². The number of aromatic amines is 1. The smallest absolute Gasteiger partial charge is 0.410 e. The van der Waals surface area contributed by atoms with Crippen LogP contribution in [0.4, 0.5) is 4.79 Å². The molecule has 2 aromatic heterocycles. The molecule has 0 radical (unpaired) electrons. The number of amides is 1. The van der Waals surface area contributed by atoms with Crippen molar-refractivity contribution in [1.29, 1.82) is 0 Å². The molecule has 6 nitrogen and oxygen atoms in total. The predicted molar refractivity (Wildman–Crippen MR) is 84.3 cm³/mol. The third-order valence-corrected chi connectivity index (χ3v) is 3.52. The first-order valence-corrected chi connectivity index (χ1v) is 7.39. The van der Waals surface area contributed by atoms with Crippen molar-refractivity contribution >= 4 is 22.7 Å². The van der Waals surface area contributed by atoms with Crippen molar-refractivity contribution in [2.45, 2.75) is 32.8 Å². The maximum Gasteiger partial charge on any atom is 0.410 e. The van der Waals surface area contributed by atoms with Gasteiger partial charge in [0, 0.05) is 24.7 Å². The SMILES string of the molecule is CC(C)(C)OC(=O)N1CC=C(c2ncnc3[nH]ccc23)CC1. The van der Waals surface area contributed by atoms with Gasteiger partial charge >= 0.3 is 6.09 Å². The molecule has 1 aliphatic heterocycles. The largest absolute Gasteiger partial charge is 0.444 e. The number of H-pyrrole nitrogens is 1. The lowest BCUT2D eigenvalue weighted by atomic mass is 10.0. The summed E-state index contributed by atoms with van der Waals surface area (Å²) < 4.78 is 5.40. The molecule has 0 bridgehead atoms. The van der Waals surface area contributed by atoms with Crippen LogP contribution in [0.3, 0.4) is 0 Å². The molecular formula is C16H20N4O2. The second-order valence-electron chi connectivity index (χ2n) is 6.37. The minimum absolute atomic E-state index is 0.266. The summed E-state index contributed by atoms with van der Waals surface area (Å²) in [7, 11) is 0. The van der Waals surface area contributed by atoms with E-state index in [0.717, 1.165) is 28.7 Å². The Kier molecular flexibility index (Phi) is 3.60. The lowest BCUT2D eigenvalue weighted by Crippen LogP contribution is -2.39. The number of hydrogen-bond acceptors (Lipinski definition) is 4. The van der Waals surface area contributed by atoms with Crippen molar-refractivity contribution < 1.29 is 9.53 Å². The molecule has 0 saturated carbocycles. The van der Waals surface area contributed by atoms with E-state index in [-0.39, 0.29) is 6.09 Å². The highest BCUT2D eigenvalue weighted by Gasteiger charge is 2.24. The Morgan fingerprint density at radius 1 is 1.36 bits per heavy atom. The van der Waals surface area contributed by atoms with Crippen LogP contribution >= 0.6 is 0 Å². The molecule has 0 aliphatic carbocycles. The first-order valence-electron chi connectivity index (χ1n) is 7.39. The van der Waals surface area contributed by atoms with Gasteiger partial charge in [-0.3, -0.25) is 0 Å². The van der Waals surface area contributed by atoms with Crippen LogP contribution in [0.5, 0.6) is 0 Å². The molecule has 0 fully saturated rings. The maximum absolute atomic E-state index is 12.1. The molecule has 1 aliphatic rings. The predicted octanol–water partition coefficient (Wildman–Crippen LogP) is 2.98. The van der Waals surface area contributed by atoms with E-state index in [9.17, 15) is 4.79 Å². The van der Waals surface area contributed by atoms with Crippen molar-refractivity contribution in [3.8, 4) is 0 Å². The minimum Gasteiger partial charge on any atom is -0.444 e. The van der Waals surface area contributed by atoms with E-state index in [0.29, 0.717) is 13.1 Å². The van der Waals surface area contributed by atoms with Crippen LogP contribution in [0.1, 0.15) is 32.9 Å². The Hall–Kier alpha value is -2.37. The highest BCUT2D eigenvalue weighted by atomic mass is 16.6. The summed E-state index contributed by atoms with van der Waals surface area (Å²) in [5, 5.41) is 1.01. The fourth-order valence-electron chi connectivity index (χ4n) is 2.50. The number of hydrogen-bond donors (Lipinski definition) is 1. The maximum atomic E-state index is 12.1. The summed E-state index contributed by atoms with van der Waals surface area (Å²) in [5.41, 5.74) is 2.45. The zero-order chi connectivity index (χ0) is 15.7. The number of nitrogens with zero attached hydrogens (tertiary/aromatic N) is 3. The fraction of sp³-hybridized carbons (Fsp3) is 0.438. The van der Waals surface area contributed by atoms with E-state index < -0.39 is 5.60 Å². The number of carbonyl (C=O) groups excluding carboxylic acids is 1. The summed E-state index contributed by atoms with van der Waals surface area (Å²) in [4.78, 5) is 25.5. The zero-order valence-corrected chi connectivity index (χ0v) is 13.1. The van der Waals surface area contributed by atoms with E-state index in [2.05, 4.69) is 15.0 Å². The molecule has 22 heavy (non-hydrogen) atoms. The summed E-state index contributed by atoms with van der Waals surface area (Å²) in [6, 6.07) is 1.98. The number of rotatable bonds is 1. The molecule has 2 aromatic rings. The average molecular weight is 300 g/mol. The Labute approximate surface area is 129 Å². The molecule has 1 N–H and O–H groups in total. The van der Waals surface area contributed by atoms with E-state index in [1.165, 1.54) is 0 Å². The highest BCUT2D eigenvalue weighted by Crippen LogP contribution is 2.26. The van der Waals surface area contributed by atoms with Gasteiger partial charge in [-0.15, -0.1) is 0 Å². The highest BCUT2D eigenvalue weighted by molar-refractivity contribution is 5.88. The number of carbonyl (C=O) groups is 1. The topological polar surface area (TPSA) is 71.1 Å². The van der Waals surface area contributed by atoms with Crippen LogP contribution in [0, 0.1) is 0 Å². The molecule has 0 unspecified atom stereocenters. The third kappa shape index (κ3) is 2.95. The van der Waals surface area contributed by atoms with Crippen molar-refractivity contribution in [2.75, 3.05) is 13.1 Å². The quantitative estimate of drug-likeness (QED) is 0.879. The molecule has 0 aromatic carbocycles. The van der Waals surface area contributed by atoms with Crippen LogP contribution in [-0.4, -0.2) is 44.6 Å². The monoisotopic (exact) mass is 300 g/mol. The number of aromatic nitrogens is 3. The number of ether oxygens (including phenoxy) is 1. The third-order valence-electron chi connectivity index (χ3n) is 3.52. The zero-order valence-electron chi connectivity index (χ0n) is 13.1. The van der Waals surface area contributed by atoms with Crippen molar-refractivity contribution in [3.63, 3.8) is 0 Å². The van der Waals surface area contributed by atoms with Gasteiger partial charge in [0.25, 0.3) is 0 Å². The number of fused-ring (bicyclic) bond motifs is 1. The lowest BCUT2D eigenvalue weighted by molar-refractivity contribution is 0.0270. The first kappa shape index (κ1) is 14.6. The first-order chi connectivity index (χ1) is 10.4. The van der Waals surface area contributed by atoms with Gasteiger partial charge in [0.05, 0.1) is 5.69 Å². The van der Waals surface area contributed by atoms with E-state index in [1.54, 1.807) is 11.2 Å². The second-order valence-corrected chi connectivity index (χ2v) is 6.37. The Balaban J connectivity index is 1.77. The van der Waals surface area contributed by atoms with Crippen LogP contribution in [-0.2, 0) is 4.74 Å². The van der Waals surface area contributed by atoms with Gasteiger partial charge in [0.1, 0.15) is 17.6 Å². The molecule has 1 amide bonds. The molecule has 0 atom stereocenters. The minimum atomic E-state index is -0.467. The van der Waals surface area contributed by atoms with Crippen LogP contribution in [0.2, 0.25) is 0 Å². The van der Waals surface area contributed by atoms with Crippen molar-refractivity contribution in [1.82, 2.24) is 19.9 Å². The Morgan fingerprint density at radius 3 is 2.86 bits per heavy atom. The summed E-state index contributed by atoms with van der Waals surface area (Å²) in [6.45, 7) is 6.80. The summed E-state index contributed by atoms with van der Waals surface area (Å²) >= 11 is 0. The van der Waals surface area contributed by atoms with E-state index in [4.69, 9.17) is 4.74 Å². The molecule has 0 saturated heterocycles. The van der Waals surface area contributed by atoms with E-state index in [1.807, 2.05) is 39.1 Å². The van der Waals surface area contributed by atoms with Gasteiger partial charge in [0.15, 0.2) is 0 Å². The summed E-state index contributed by atoms with van der Waals surface area (Å²) in [5.74, 6) is 0. The molecular weight excluding hydrogens is 280 g/mol. The van der Waals surface area contributed by atoms with E-state index >= 15 is 0 Å². The molecule has 0 spiro atoms. The average Bonchev–Trinajstić information content (AvgIpc) is 2.94. The Morgan fingerprint density at radius 2 is 2.18 bits per heavy atom. The Bertz CT molecular complexity index is 727. The van der Waals surface area contributed by atoms with Crippen LogP contribution < -0.4 is 0 Å². The van der Waals surface area contributed by atoms with Gasteiger partial charge in [0.2, 0.25) is 0 Å². The van der Waals surface area contributed by atoms with Crippen molar-refractivity contribution in [2.24, 2.45) is 0 Å². The standard InChI is InChI=1S/C16H20N4O2/c1-16(2,3)22-15(21)20-8-5-11(6-9-20)13-12-4-7-17-14(12)19-10-18-13/h4-5,7,10H,6,8-9H2,1-3H3,(H,17,18,19). The van der Waals surface area contributed by atoms with Gasteiger partial charge < -0.3 is 14.6 Å². The molecule has 3 rings (SSSR count). The van der Waals surface area contributed by atoms with Gasteiger partial charge in [-0.25, -0.2) is 14.8 Å². The lowest BCUT2D eigenvalue weighted by Gasteiger charge is -2.29. The number of nitrogens with one attached hydrogen (secondary N) is 1. The summed E-state index contributed by atoms with van der Waals surface area (Å²) in [6.07, 6.45) is 5.96. The van der Waals surface area contributed by atoms with Crippen LogP contribution in [0.15, 0.2) is 24.7 Å². The molecule has 3 heterocycles. The molecule has 6 heteroatoms. The second kappa shape index (κ2) is 5.44. The normalized spacial score (nSPS) is 15.8. The fourth-order valence-corrected chi connectivity index (χ4v) is 2.50.